The Morgan fingerprint density at radius 2 is 2.21 bits per heavy atom. The van der Waals surface area contributed by atoms with Gasteiger partial charge in [-0.3, -0.25) is 0 Å². The van der Waals surface area contributed by atoms with Gasteiger partial charge < -0.3 is 10.4 Å². The van der Waals surface area contributed by atoms with Crippen LogP contribution >= 0.6 is 11.6 Å². The average molecular weight is 212 g/mol. The maximum Gasteiger partial charge on any atom is 0.0678 e. The van der Waals surface area contributed by atoms with Gasteiger partial charge in [0.2, 0.25) is 0 Å². The molecule has 0 spiro atoms. The number of hydrogen-bond acceptors (Lipinski definition) is 2. The Morgan fingerprint density at radius 1 is 1.50 bits per heavy atom. The molecule has 0 saturated carbocycles. The first-order chi connectivity index (χ1) is 6.50. The van der Waals surface area contributed by atoms with E-state index >= 15 is 0 Å². The zero-order valence-corrected chi connectivity index (χ0v) is 9.10. The fraction of sp³-hybridized carbons (Fsp3) is 0.455. The van der Waals surface area contributed by atoms with Gasteiger partial charge in [0.1, 0.15) is 0 Å². The van der Waals surface area contributed by atoms with E-state index in [1.807, 2.05) is 32.0 Å². The van der Waals surface area contributed by atoms with E-state index in [2.05, 4.69) is 5.32 Å². The molecule has 2 rings (SSSR count). The standard InChI is InChI=1S/C11H14ClNO/c1-11(2,14)7-6-13-9-5-3-4-8(12)10(7)9/h3-5,7,13-14H,6H2,1-2H3. The van der Waals surface area contributed by atoms with Gasteiger partial charge in [-0.15, -0.1) is 0 Å². The first kappa shape index (κ1) is 9.81. The molecule has 14 heavy (non-hydrogen) atoms. The number of anilines is 1. The molecule has 1 aromatic rings. The van der Waals surface area contributed by atoms with E-state index in [1.54, 1.807) is 0 Å². The van der Waals surface area contributed by atoms with Gasteiger partial charge in [-0.1, -0.05) is 17.7 Å². The minimum Gasteiger partial charge on any atom is -0.390 e. The molecule has 0 fully saturated rings. The van der Waals surface area contributed by atoms with E-state index < -0.39 is 5.60 Å². The van der Waals surface area contributed by atoms with Crippen LogP contribution in [0.2, 0.25) is 5.02 Å². The second-order valence-electron chi connectivity index (χ2n) is 4.29. The van der Waals surface area contributed by atoms with Gasteiger partial charge in [0.05, 0.1) is 5.60 Å². The molecule has 1 unspecified atom stereocenters. The van der Waals surface area contributed by atoms with Gasteiger partial charge in [0.25, 0.3) is 0 Å². The van der Waals surface area contributed by atoms with Crippen LogP contribution in [0, 0.1) is 0 Å². The fourth-order valence-corrected chi connectivity index (χ4v) is 2.27. The molecular weight excluding hydrogens is 198 g/mol. The highest BCUT2D eigenvalue weighted by atomic mass is 35.5. The van der Waals surface area contributed by atoms with Gasteiger partial charge in [0.15, 0.2) is 0 Å². The maximum atomic E-state index is 9.99. The minimum atomic E-state index is -0.733. The fourth-order valence-electron chi connectivity index (χ4n) is 1.96. The molecule has 0 aliphatic carbocycles. The number of nitrogens with one attached hydrogen (secondary N) is 1. The molecule has 3 heteroatoms. The normalized spacial score (nSPS) is 20.4. The molecule has 1 atom stereocenters. The molecule has 0 radical (unpaired) electrons. The van der Waals surface area contributed by atoms with Crippen molar-refractivity contribution in [2.45, 2.75) is 25.4 Å². The predicted octanol–water partition coefficient (Wildman–Crippen LogP) is 2.62. The number of hydrogen-bond donors (Lipinski definition) is 2. The van der Waals surface area contributed by atoms with Crippen LogP contribution in [0.25, 0.3) is 0 Å². The van der Waals surface area contributed by atoms with E-state index in [0.29, 0.717) is 0 Å². The van der Waals surface area contributed by atoms with Crippen LogP contribution in [0.15, 0.2) is 18.2 Å². The van der Waals surface area contributed by atoms with Gasteiger partial charge in [-0.25, -0.2) is 0 Å². The lowest BCUT2D eigenvalue weighted by Crippen LogP contribution is -2.30. The molecular formula is C11H14ClNO. The Hall–Kier alpha value is -0.730. The maximum absolute atomic E-state index is 9.99. The molecule has 0 amide bonds. The minimum absolute atomic E-state index is 0.0752. The van der Waals surface area contributed by atoms with Crippen LogP contribution < -0.4 is 5.32 Å². The molecule has 1 heterocycles. The van der Waals surface area contributed by atoms with Gasteiger partial charge >= 0.3 is 0 Å². The highest BCUT2D eigenvalue weighted by molar-refractivity contribution is 6.32. The number of rotatable bonds is 1. The van der Waals surface area contributed by atoms with Crippen molar-refractivity contribution in [1.29, 1.82) is 0 Å². The molecule has 1 aromatic carbocycles. The van der Waals surface area contributed by atoms with Crippen molar-refractivity contribution < 1.29 is 5.11 Å². The van der Waals surface area contributed by atoms with E-state index in [0.717, 1.165) is 22.8 Å². The molecule has 0 bridgehead atoms. The average Bonchev–Trinajstić information content (AvgIpc) is 2.47. The topological polar surface area (TPSA) is 32.3 Å². The zero-order chi connectivity index (χ0) is 10.3. The Morgan fingerprint density at radius 3 is 2.86 bits per heavy atom. The zero-order valence-electron chi connectivity index (χ0n) is 8.34. The quantitative estimate of drug-likeness (QED) is 0.749. The largest absolute Gasteiger partial charge is 0.390 e. The second-order valence-corrected chi connectivity index (χ2v) is 4.70. The molecule has 76 valence electrons. The lowest BCUT2D eigenvalue weighted by atomic mass is 9.86. The summed E-state index contributed by atoms with van der Waals surface area (Å²) in [4.78, 5) is 0. The smallest absolute Gasteiger partial charge is 0.0678 e. The molecule has 1 aliphatic heterocycles. The van der Waals surface area contributed by atoms with E-state index in [9.17, 15) is 5.11 Å². The predicted molar refractivity (Wildman–Crippen MR) is 59.0 cm³/mol. The van der Waals surface area contributed by atoms with Crippen LogP contribution in [-0.2, 0) is 0 Å². The summed E-state index contributed by atoms with van der Waals surface area (Å²) in [7, 11) is 0. The van der Waals surface area contributed by atoms with Crippen molar-refractivity contribution in [1.82, 2.24) is 0 Å². The third kappa shape index (κ3) is 1.49. The van der Waals surface area contributed by atoms with Crippen molar-refractivity contribution in [3.63, 3.8) is 0 Å². The molecule has 2 N–H and O–H groups in total. The summed E-state index contributed by atoms with van der Waals surface area (Å²) in [6, 6.07) is 5.78. The van der Waals surface area contributed by atoms with E-state index in [1.165, 1.54) is 0 Å². The van der Waals surface area contributed by atoms with Gasteiger partial charge in [-0.2, -0.15) is 0 Å². The summed E-state index contributed by atoms with van der Waals surface area (Å²) >= 11 is 6.12. The lowest BCUT2D eigenvalue weighted by molar-refractivity contribution is 0.0562. The second kappa shape index (κ2) is 3.14. The van der Waals surface area contributed by atoms with Gasteiger partial charge in [0, 0.05) is 28.7 Å². The Labute approximate surface area is 88.9 Å². The van der Waals surface area contributed by atoms with Crippen molar-refractivity contribution in [2.24, 2.45) is 0 Å². The van der Waals surface area contributed by atoms with Crippen molar-refractivity contribution in [3.8, 4) is 0 Å². The Balaban J connectivity index is 2.48. The summed E-state index contributed by atoms with van der Waals surface area (Å²) < 4.78 is 0. The third-order valence-corrected chi connectivity index (χ3v) is 3.08. The Kier molecular flexibility index (Phi) is 2.20. The summed E-state index contributed by atoms with van der Waals surface area (Å²) in [5, 5.41) is 14.0. The van der Waals surface area contributed by atoms with Crippen LogP contribution in [0.3, 0.4) is 0 Å². The van der Waals surface area contributed by atoms with Crippen LogP contribution in [-0.4, -0.2) is 17.3 Å². The van der Waals surface area contributed by atoms with Crippen LogP contribution in [0.5, 0.6) is 0 Å². The van der Waals surface area contributed by atoms with E-state index in [4.69, 9.17) is 11.6 Å². The summed E-state index contributed by atoms with van der Waals surface area (Å²) in [6.45, 7) is 4.39. The first-order valence-electron chi connectivity index (χ1n) is 4.75. The molecule has 2 nitrogen and oxygen atoms in total. The third-order valence-electron chi connectivity index (χ3n) is 2.75. The number of benzene rings is 1. The van der Waals surface area contributed by atoms with Gasteiger partial charge in [-0.05, 0) is 26.0 Å². The van der Waals surface area contributed by atoms with Crippen molar-refractivity contribution in [2.75, 3.05) is 11.9 Å². The van der Waals surface area contributed by atoms with Crippen LogP contribution in [0.4, 0.5) is 5.69 Å². The molecule has 1 aliphatic rings. The SMILES string of the molecule is CC(C)(O)C1CNc2cccc(Cl)c21. The molecule has 0 saturated heterocycles. The highest BCUT2D eigenvalue weighted by Crippen LogP contribution is 2.41. The number of halogens is 1. The monoisotopic (exact) mass is 211 g/mol. The van der Waals surface area contributed by atoms with Crippen LogP contribution in [0.1, 0.15) is 25.3 Å². The number of aliphatic hydroxyl groups is 1. The van der Waals surface area contributed by atoms with Crippen molar-refractivity contribution in [3.05, 3.63) is 28.8 Å². The summed E-state index contributed by atoms with van der Waals surface area (Å²) in [5.41, 5.74) is 1.36. The molecule has 0 aromatic heterocycles. The Bertz CT molecular complexity index is 357. The summed E-state index contributed by atoms with van der Waals surface area (Å²) in [6.07, 6.45) is 0. The highest BCUT2D eigenvalue weighted by Gasteiger charge is 2.35. The van der Waals surface area contributed by atoms with E-state index in [-0.39, 0.29) is 5.92 Å². The summed E-state index contributed by atoms with van der Waals surface area (Å²) in [5.74, 6) is 0.0752. The lowest BCUT2D eigenvalue weighted by Gasteiger charge is -2.25. The number of fused-ring (bicyclic) bond motifs is 1. The first-order valence-corrected chi connectivity index (χ1v) is 5.12. The van der Waals surface area contributed by atoms with Crippen molar-refractivity contribution >= 4 is 17.3 Å².